The average molecular weight is 290 g/mol. The molecule has 1 unspecified atom stereocenters. The van der Waals surface area contributed by atoms with Gasteiger partial charge < -0.3 is 20.3 Å². The van der Waals surface area contributed by atoms with Gasteiger partial charge in [0.05, 0.1) is 12.7 Å². The minimum absolute atomic E-state index is 0.222. The van der Waals surface area contributed by atoms with Crippen molar-refractivity contribution in [2.45, 2.75) is 6.10 Å². The molecule has 4 nitrogen and oxygen atoms in total. The molecule has 1 aromatic rings. The molecule has 0 saturated carbocycles. The lowest BCUT2D eigenvalue weighted by molar-refractivity contribution is 0.0936. The summed E-state index contributed by atoms with van der Waals surface area (Å²) < 4.78 is 6.47. The van der Waals surface area contributed by atoms with Crippen molar-refractivity contribution >= 4 is 15.9 Å². The molecule has 5 heteroatoms. The van der Waals surface area contributed by atoms with Gasteiger partial charge in [0.1, 0.15) is 12.4 Å². The molecule has 0 aromatic heterocycles. The van der Waals surface area contributed by atoms with Gasteiger partial charge in [0, 0.05) is 17.6 Å². The minimum atomic E-state index is -0.701. The molecular formula is C11H16BrNO3. The first-order valence-electron chi connectivity index (χ1n) is 5.10. The summed E-state index contributed by atoms with van der Waals surface area (Å²) in [6.07, 6.45) is -0.701. The van der Waals surface area contributed by atoms with Gasteiger partial charge in [-0.3, -0.25) is 0 Å². The van der Waals surface area contributed by atoms with E-state index in [0.717, 1.165) is 10.2 Å². The predicted octanol–water partition coefficient (Wildman–Crippen LogP) is 0.771. The topological polar surface area (TPSA) is 61.7 Å². The minimum Gasteiger partial charge on any atom is -0.492 e. The van der Waals surface area contributed by atoms with E-state index in [9.17, 15) is 0 Å². The van der Waals surface area contributed by atoms with Gasteiger partial charge in [-0.05, 0) is 24.3 Å². The van der Waals surface area contributed by atoms with Gasteiger partial charge >= 0.3 is 0 Å². The summed E-state index contributed by atoms with van der Waals surface area (Å²) in [6, 6.07) is 7.59. The first-order valence-corrected chi connectivity index (χ1v) is 5.89. The molecule has 1 rings (SSSR count). The number of hydrogen-bond acceptors (Lipinski definition) is 4. The molecule has 0 bridgehead atoms. The molecule has 16 heavy (non-hydrogen) atoms. The second-order valence-corrected chi connectivity index (χ2v) is 4.26. The van der Waals surface area contributed by atoms with Crippen molar-refractivity contribution in [3.8, 4) is 5.75 Å². The van der Waals surface area contributed by atoms with Crippen molar-refractivity contribution in [1.82, 2.24) is 5.32 Å². The van der Waals surface area contributed by atoms with Gasteiger partial charge in [-0.1, -0.05) is 15.9 Å². The lowest BCUT2D eigenvalue weighted by atomic mass is 10.3. The molecule has 0 spiro atoms. The van der Waals surface area contributed by atoms with E-state index < -0.39 is 6.10 Å². The smallest absolute Gasteiger partial charge is 0.119 e. The summed E-state index contributed by atoms with van der Waals surface area (Å²) in [7, 11) is 0. The Labute approximate surface area is 103 Å². The Morgan fingerprint density at radius 2 is 2.00 bits per heavy atom. The van der Waals surface area contributed by atoms with Crippen LogP contribution in [0.25, 0.3) is 0 Å². The molecule has 90 valence electrons. The summed E-state index contributed by atoms with van der Waals surface area (Å²) in [5, 5.41) is 20.6. The van der Waals surface area contributed by atoms with Crippen molar-refractivity contribution in [3.63, 3.8) is 0 Å². The number of aliphatic hydroxyl groups is 2. The summed E-state index contributed by atoms with van der Waals surface area (Å²) in [6.45, 7) is 1.31. The van der Waals surface area contributed by atoms with Crippen LogP contribution in [0.1, 0.15) is 0 Å². The van der Waals surface area contributed by atoms with Crippen molar-refractivity contribution in [2.24, 2.45) is 0 Å². The highest BCUT2D eigenvalue weighted by Gasteiger charge is 1.99. The second-order valence-electron chi connectivity index (χ2n) is 3.34. The summed E-state index contributed by atoms with van der Waals surface area (Å²) in [5.41, 5.74) is 0. The van der Waals surface area contributed by atoms with E-state index in [2.05, 4.69) is 21.2 Å². The van der Waals surface area contributed by atoms with Crippen LogP contribution in [-0.4, -0.2) is 42.6 Å². The molecule has 0 radical (unpaired) electrons. The predicted molar refractivity (Wildman–Crippen MR) is 65.6 cm³/mol. The fourth-order valence-corrected chi connectivity index (χ4v) is 1.37. The zero-order chi connectivity index (χ0) is 11.8. The van der Waals surface area contributed by atoms with Crippen LogP contribution < -0.4 is 10.1 Å². The Morgan fingerprint density at radius 3 is 2.62 bits per heavy atom. The van der Waals surface area contributed by atoms with E-state index in [1.807, 2.05) is 24.3 Å². The van der Waals surface area contributed by atoms with Crippen molar-refractivity contribution in [2.75, 3.05) is 26.3 Å². The van der Waals surface area contributed by atoms with Crippen LogP contribution in [-0.2, 0) is 0 Å². The standard InChI is InChI=1S/C11H16BrNO3/c12-9-1-3-11(4-2-9)16-6-5-13-7-10(15)8-14/h1-4,10,13-15H,5-8H2. The zero-order valence-electron chi connectivity index (χ0n) is 8.90. The fraction of sp³-hybridized carbons (Fsp3) is 0.455. The molecule has 0 aliphatic rings. The normalized spacial score (nSPS) is 12.4. The third-order valence-electron chi connectivity index (χ3n) is 1.95. The zero-order valence-corrected chi connectivity index (χ0v) is 10.5. The number of nitrogens with one attached hydrogen (secondary N) is 1. The van der Waals surface area contributed by atoms with Crippen LogP contribution in [0.15, 0.2) is 28.7 Å². The highest BCUT2D eigenvalue weighted by molar-refractivity contribution is 9.10. The number of rotatable bonds is 7. The Morgan fingerprint density at radius 1 is 1.31 bits per heavy atom. The number of aliphatic hydroxyl groups excluding tert-OH is 2. The Bertz CT molecular complexity index is 292. The van der Waals surface area contributed by atoms with Gasteiger partial charge in [-0.25, -0.2) is 0 Å². The quantitative estimate of drug-likeness (QED) is 0.649. The summed E-state index contributed by atoms with van der Waals surface area (Å²) in [4.78, 5) is 0. The van der Waals surface area contributed by atoms with E-state index in [1.54, 1.807) is 0 Å². The highest BCUT2D eigenvalue weighted by Crippen LogP contribution is 2.15. The maximum Gasteiger partial charge on any atom is 0.119 e. The first kappa shape index (κ1) is 13.4. The maximum atomic E-state index is 9.05. The SMILES string of the molecule is OCC(O)CNCCOc1ccc(Br)cc1. The molecule has 3 N–H and O–H groups in total. The van der Waals surface area contributed by atoms with Crippen LogP contribution in [0, 0.1) is 0 Å². The van der Waals surface area contributed by atoms with Crippen molar-refractivity contribution in [1.29, 1.82) is 0 Å². The molecule has 1 aromatic carbocycles. The van der Waals surface area contributed by atoms with E-state index >= 15 is 0 Å². The molecule has 0 amide bonds. The van der Waals surface area contributed by atoms with E-state index in [0.29, 0.717) is 19.7 Å². The molecular weight excluding hydrogens is 274 g/mol. The van der Waals surface area contributed by atoms with Crippen LogP contribution in [0.2, 0.25) is 0 Å². The van der Waals surface area contributed by atoms with Crippen LogP contribution >= 0.6 is 15.9 Å². The van der Waals surface area contributed by atoms with Crippen LogP contribution in [0.3, 0.4) is 0 Å². The van der Waals surface area contributed by atoms with Crippen molar-refractivity contribution < 1.29 is 14.9 Å². The third-order valence-corrected chi connectivity index (χ3v) is 2.48. The fourth-order valence-electron chi connectivity index (χ4n) is 1.11. The molecule has 0 heterocycles. The summed E-state index contributed by atoms with van der Waals surface area (Å²) in [5.74, 6) is 0.813. The Kier molecular flexibility index (Phi) is 6.40. The van der Waals surface area contributed by atoms with Gasteiger partial charge in [0.25, 0.3) is 0 Å². The van der Waals surface area contributed by atoms with E-state index in [-0.39, 0.29) is 6.61 Å². The third kappa shape index (κ3) is 5.46. The van der Waals surface area contributed by atoms with Gasteiger partial charge in [0.2, 0.25) is 0 Å². The van der Waals surface area contributed by atoms with Crippen LogP contribution in [0.4, 0.5) is 0 Å². The molecule has 0 fully saturated rings. The molecule has 0 aliphatic heterocycles. The van der Waals surface area contributed by atoms with Gasteiger partial charge in [0.15, 0.2) is 0 Å². The molecule has 0 saturated heterocycles. The van der Waals surface area contributed by atoms with Gasteiger partial charge in [-0.2, -0.15) is 0 Å². The number of benzene rings is 1. The lowest BCUT2D eigenvalue weighted by Crippen LogP contribution is -2.32. The number of hydrogen-bond donors (Lipinski definition) is 3. The van der Waals surface area contributed by atoms with E-state index in [1.165, 1.54) is 0 Å². The monoisotopic (exact) mass is 289 g/mol. The molecule has 1 atom stereocenters. The molecule has 0 aliphatic carbocycles. The van der Waals surface area contributed by atoms with Gasteiger partial charge in [-0.15, -0.1) is 0 Å². The van der Waals surface area contributed by atoms with E-state index in [4.69, 9.17) is 14.9 Å². The van der Waals surface area contributed by atoms with Crippen LogP contribution in [0.5, 0.6) is 5.75 Å². The average Bonchev–Trinajstić information content (AvgIpc) is 2.31. The summed E-state index contributed by atoms with van der Waals surface area (Å²) >= 11 is 3.34. The number of ether oxygens (including phenoxy) is 1. The number of halogens is 1. The largest absolute Gasteiger partial charge is 0.492 e. The Hall–Kier alpha value is -0.620. The van der Waals surface area contributed by atoms with Crippen molar-refractivity contribution in [3.05, 3.63) is 28.7 Å². The Balaban J connectivity index is 2.09. The highest BCUT2D eigenvalue weighted by atomic mass is 79.9. The lowest BCUT2D eigenvalue weighted by Gasteiger charge is -2.09. The second kappa shape index (κ2) is 7.62. The maximum absolute atomic E-state index is 9.05. The first-order chi connectivity index (χ1) is 7.72.